The molecular formula is C55H96N14O11S. The molecule has 0 unspecified atom stereocenters. The van der Waals surface area contributed by atoms with E-state index in [-0.39, 0.29) is 93.8 Å². The number of benzene rings is 1. The summed E-state index contributed by atoms with van der Waals surface area (Å²) in [5.74, 6) is -6.55. The molecule has 458 valence electrons. The molecule has 0 spiro atoms. The Bertz CT molecular complexity index is 2120. The number of amides is 10. The molecule has 1 aromatic carbocycles. The molecule has 7 atom stereocenters. The van der Waals surface area contributed by atoms with E-state index in [1.54, 1.807) is 12.1 Å². The minimum Gasteiger partial charge on any atom is -0.508 e. The third-order valence-corrected chi connectivity index (χ3v) is 14.2. The van der Waals surface area contributed by atoms with Crippen molar-refractivity contribution in [2.75, 3.05) is 51.6 Å². The summed E-state index contributed by atoms with van der Waals surface area (Å²) in [4.78, 5) is 139. The predicted octanol–water partition coefficient (Wildman–Crippen LogP) is -1.01. The van der Waals surface area contributed by atoms with Gasteiger partial charge < -0.3 is 81.2 Å². The molecule has 26 heteroatoms. The van der Waals surface area contributed by atoms with Gasteiger partial charge >= 0.3 is 0 Å². The maximum Gasteiger partial charge on any atom is 0.245 e. The SMILES string of the molecule is CC(C)[C@@H]1NC(=O)CCCCC(=O)N[C@@H](CCCCN)C(=O)N[C@@H](CCCCN)C(=O)N[C@@H](CCCCN)C(=O)N(CC(=O)N[C@@H](CCCCN)C(=O)N[C@@H](Cc2ccc(O)cc2)C(=O)N[C@@H](CS)C(N)=O)CCCCCCNC1=O. The standard InChI is InChI=1S/C55H96N14O11S/c1-36(2)48-54(79)61-31-15-3-4-16-32-69(34-47(73)63-40(18-8-12-28-57)51(76)66-43(33-37-23-25-38(70)26-24-37)53(78)67-44(35-81)49(60)74)55(80)42(20-10-14-30-59)65-52(77)41(19-9-13-29-58)64-50(75)39(17-7-11-27-56)62-45(71)21-5-6-22-46(72)68-48/h23-26,36,39-44,48,70,81H,3-22,27-35,56-59H2,1-2H3,(H2,60,74)(H,61,79)(H,62,71)(H,63,73)(H,64,75)(H,65,77)(H,66,76)(H,67,78)(H,68,72)/t39-,40-,41-,42-,43-,44-,48-/m0/s1. The first-order valence-corrected chi connectivity index (χ1v) is 29.6. The summed E-state index contributed by atoms with van der Waals surface area (Å²) >= 11 is 4.12. The van der Waals surface area contributed by atoms with Crippen LogP contribution in [0.25, 0.3) is 0 Å². The summed E-state index contributed by atoms with van der Waals surface area (Å²) in [6.07, 6.45) is 7.01. The molecule has 25 nitrogen and oxygen atoms in total. The fraction of sp³-hybridized carbons (Fsp3) is 0.709. The number of phenolic OH excluding ortho intramolecular Hbond substituents is 1. The van der Waals surface area contributed by atoms with E-state index in [0.717, 1.165) is 0 Å². The van der Waals surface area contributed by atoms with Gasteiger partial charge in [0.1, 0.15) is 48.0 Å². The summed E-state index contributed by atoms with van der Waals surface area (Å²) in [6.45, 7) is 4.62. The van der Waals surface area contributed by atoms with Gasteiger partial charge in [0, 0.05) is 38.1 Å². The molecule has 1 aromatic rings. The molecule has 2 rings (SSSR count). The number of nitrogens with two attached hydrogens (primary N) is 5. The third-order valence-electron chi connectivity index (χ3n) is 13.8. The van der Waals surface area contributed by atoms with Gasteiger partial charge in [-0.25, -0.2) is 0 Å². The van der Waals surface area contributed by atoms with Gasteiger partial charge in [-0.05, 0) is 153 Å². The molecule has 0 aliphatic carbocycles. The van der Waals surface area contributed by atoms with Crippen LogP contribution >= 0.6 is 12.6 Å². The molecule has 0 saturated carbocycles. The van der Waals surface area contributed by atoms with Crippen molar-refractivity contribution in [2.45, 2.75) is 191 Å². The van der Waals surface area contributed by atoms with Crippen molar-refractivity contribution in [3.63, 3.8) is 0 Å². The van der Waals surface area contributed by atoms with Crippen LogP contribution in [0.2, 0.25) is 0 Å². The van der Waals surface area contributed by atoms with Crippen LogP contribution in [0, 0.1) is 5.92 Å². The highest BCUT2D eigenvalue weighted by Crippen LogP contribution is 2.15. The van der Waals surface area contributed by atoms with Crippen molar-refractivity contribution >= 4 is 71.7 Å². The molecule has 1 saturated heterocycles. The highest BCUT2D eigenvalue weighted by Gasteiger charge is 2.34. The smallest absolute Gasteiger partial charge is 0.245 e. The first-order valence-electron chi connectivity index (χ1n) is 28.9. The van der Waals surface area contributed by atoms with Crippen LogP contribution in [0.15, 0.2) is 24.3 Å². The minimum atomic E-state index is -1.30. The van der Waals surface area contributed by atoms with E-state index in [2.05, 4.69) is 55.2 Å². The fourth-order valence-corrected chi connectivity index (χ4v) is 9.30. The number of aromatic hydroxyl groups is 1. The number of rotatable bonds is 28. The van der Waals surface area contributed by atoms with Crippen LogP contribution in [-0.2, 0) is 54.4 Å². The quantitative estimate of drug-likeness (QED) is 0.0353. The topological polar surface area (TPSA) is 421 Å². The highest BCUT2D eigenvalue weighted by atomic mass is 32.1. The van der Waals surface area contributed by atoms with Crippen LogP contribution in [0.3, 0.4) is 0 Å². The Morgan fingerprint density at radius 3 is 1.68 bits per heavy atom. The van der Waals surface area contributed by atoms with Crippen LogP contribution < -0.4 is 71.2 Å². The summed E-state index contributed by atoms with van der Waals surface area (Å²) in [5.41, 5.74) is 29.3. The maximum absolute atomic E-state index is 15.0. The van der Waals surface area contributed by atoms with Crippen LogP contribution in [0.1, 0.15) is 148 Å². The summed E-state index contributed by atoms with van der Waals surface area (Å²) in [5, 5.41) is 32.1. The second kappa shape index (κ2) is 41.0. The first-order chi connectivity index (χ1) is 38.8. The van der Waals surface area contributed by atoms with Gasteiger partial charge in [0.25, 0.3) is 0 Å². The van der Waals surface area contributed by atoms with E-state index in [9.17, 15) is 53.1 Å². The third kappa shape index (κ3) is 28.9. The van der Waals surface area contributed by atoms with Gasteiger partial charge in [-0.2, -0.15) is 12.6 Å². The molecule has 1 heterocycles. The largest absolute Gasteiger partial charge is 0.508 e. The van der Waals surface area contributed by atoms with E-state index in [1.807, 2.05) is 13.8 Å². The predicted molar refractivity (Wildman–Crippen MR) is 311 cm³/mol. The van der Waals surface area contributed by atoms with E-state index in [1.165, 1.54) is 17.0 Å². The van der Waals surface area contributed by atoms with Crippen molar-refractivity contribution in [1.29, 1.82) is 0 Å². The average molecular weight is 1160 g/mol. The van der Waals surface area contributed by atoms with Gasteiger partial charge in [-0.15, -0.1) is 0 Å². The van der Waals surface area contributed by atoms with Gasteiger partial charge in [0.2, 0.25) is 59.1 Å². The summed E-state index contributed by atoms with van der Waals surface area (Å²) in [7, 11) is 0. The second-order valence-corrected chi connectivity index (χ2v) is 21.4. The maximum atomic E-state index is 15.0. The number of hydrogen-bond donors (Lipinski definition) is 15. The lowest BCUT2D eigenvalue weighted by molar-refractivity contribution is -0.141. The molecule has 81 heavy (non-hydrogen) atoms. The van der Waals surface area contributed by atoms with E-state index in [0.29, 0.717) is 115 Å². The number of unbranched alkanes of at least 4 members (excludes halogenated alkanes) is 4. The lowest BCUT2D eigenvalue weighted by atomic mass is 10.0. The van der Waals surface area contributed by atoms with Gasteiger partial charge in [-0.3, -0.25) is 47.9 Å². The van der Waals surface area contributed by atoms with Crippen molar-refractivity contribution in [2.24, 2.45) is 34.6 Å². The number of hydrogen-bond acceptors (Lipinski definition) is 16. The summed E-state index contributed by atoms with van der Waals surface area (Å²) < 4.78 is 0. The Hall–Kier alpha value is -6.09. The number of primary amides is 1. The number of nitrogens with zero attached hydrogens (tertiary/aromatic N) is 1. The number of nitrogens with one attached hydrogen (secondary N) is 8. The van der Waals surface area contributed by atoms with Crippen LogP contribution in [0.5, 0.6) is 5.75 Å². The van der Waals surface area contributed by atoms with Crippen molar-refractivity contribution in [1.82, 2.24) is 47.4 Å². The van der Waals surface area contributed by atoms with Gasteiger partial charge in [0.15, 0.2) is 0 Å². The van der Waals surface area contributed by atoms with E-state index >= 15 is 0 Å². The zero-order chi connectivity index (χ0) is 60.1. The Kier molecular flexibility index (Phi) is 35.9. The van der Waals surface area contributed by atoms with Crippen molar-refractivity contribution in [3.05, 3.63) is 29.8 Å². The average Bonchev–Trinajstić information content (AvgIpc) is 3.43. The number of thiol groups is 1. The van der Waals surface area contributed by atoms with Gasteiger partial charge in [0.05, 0.1) is 6.54 Å². The molecule has 1 aliphatic heterocycles. The Balaban J connectivity index is 2.62. The highest BCUT2D eigenvalue weighted by molar-refractivity contribution is 7.80. The van der Waals surface area contributed by atoms with E-state index in [4.69, 9.17) is 28.7 Å². The first kappa shape index (κ1) is 71.0. The number of carbonyl (C=O) groups excluding carboxylic acids is 10. The zero-order valence-electron chi connectivity index (χ0n) is 47.7. The monoisotopic (exact) mass is 1160 g/mol. The van der Waals surface area contributed by atoms with Gasteiger partial charge in [-0.1, -0.05) is 38.8 Å². The zero-order valence-corrected chi connectivity index (χ0v) is 48.6. The van der Waals surface area contributed by atoms with Crippen LogP contribution in [-0.4, -0.2) is 163 Å². The summed E-state index contributed by atoms with van der Waals surface area (Å²) in [6, 6.07) is -2.04. The molecule has 0 aromatic heterocycles. The Morgan fingerprint density at radius 1 is 0.617 bits per heavy atom. The van der Waals surface area contributed by atoms with Crippen molar-refractivity contribution in [3.8, 4) is 5.75 Å². The minimum absolute atomic E-state index is 0.00397. The molecule has 1 aliphatic rings. The lowest BCUT2D eigenvalue weighted by Gasteiger charge is -2.30. The molecule has 1 fully saturated rings. The molecular weight excluding hydrogens is 1060 g/mol. The van der Waals surface area contributed by atoms with E-state index < -0.39 is 96.1 Å². The Labute approximate surface area is 483 Å². The molecule has 19 N–H and O–H groups in total. The second-order valence-electron chi connectivity index (χ2n) is 21.0. The lowest BCUT2D eigenvalue weighted by Crippen LogP contribution is -2.59. The van der Waals surface area contributed by atoms with Crippen LogP contribution in [0.4, 0.5) is 0 Å². The molecule has 0 bridgehead atoms. The number of phenols is 1. The fourth-order valence-electron chi connectivity index (χ4n) is 9.03. The van der Waals surface area contributed by atoms with Crippen molar-refractivity contribution < 1.29 is 53.1 Å². The Morgan fingerprint density at radius 2 is 1.12 bits per heavy atom. The molecule has 0 radical (unpaired) electrons. The molecule has 10 amide bonds. The normalized spacial score (nSPS) is 20.1. The number of carbonyl (C=O) groups is 10.